The average Bonchev–Trinajstić information content (AvgIpc) is 3.08. The van der Waals surface area contributed by atoms with Crippen molar-refractivity contribution in [3.8, 4) is 11.4 Å². The third-order valence-electron chi connectivity index (χ3n) is 4.21. The first kappa shape index (κ1) is 22.1. The Morgan fingerprint density at radius 2 is 1.97 bits per heavy atom. The van der Waals surface area contributed by atoms with Gasteiger partial charge in [0.05, 0.1) is 17.6 Å². The highest BCUT2D eigenvalue weighted by molar-refractivity contribution is 6.30. The van der Waals surface area contributed by atoms with Gasteiger partial charge in [0.15, 0.2) is 11.5 Å². The zero-order valence-corrected chi connectivity index (χ0v) is 17.7. The highest BCUT2D eigenvalue weighted by Crippen LogP contribution is 2.26. The number of pyridine rings is 2. The van der Waals surface area contributed by atoms with Crippen LogP contribution in [0.2, 0.25) is 5.15 Å². The molecule has 12 heteroatoms. The predicted octanol–water partition coefficient (Wildman–Crippen LogP) is 2.55. The summed E-state index contributed by atoms with van der Waals surface area (Å²) in [6.07, 6.45) is 0.421. The fourth-order valence-corrected chi connectivity index (χ4v) is 2.85. The normalized spacial score (nSPS) is 12.7. The number of halogens is 1. The second-order valence-electron chi connectivity index (χ2n) is 6.56. The Labute approximate surface area is 182 Å². The van der Waals surface area contributed by atoms with Crippen molar-refractivity contribution in [2.75, 3.05) is 10.6 Å². The number of aliphatic hydroxyl groups is 1. The summed E-state index contributed by atoms with van der Waals surface area (Å²) in [6.45, 7) is 3.03. The molecule has 31 heavy (non-hydrogen) atoms. The van der Waals surface area contributed by atoms with Gasteiger partial charge in [-0.3, -0.25) is 15.1 Å². The molecule has 0 aliphatic rings. The molecule has 0 spiro atoms. The lowest BCUT2D eigenvalue weighted by molar-refractivity contribution is -0.123. The van der Waals surface area contributed by atoms with Crippen LogP contribution in [-0.4, -0.2) is 48.2 Å². The maximum absolute atomic E-state index is 12.4. The quantitative estimate of drug-likeness (QED) is 0.491. The highest BCUT2D eigenvalue weighted by Gasteiger charge is 2.20. The van der Waals surface area contributed by atoms with Crippen molar-refractivity contribution in [2.24, 2.45) is 7.05 Å². The molecule has 3 rings (SSSR count). The van der Waals surface area contributed by atoms with E-state index in [1.807, 2.05) is 0 Å². The number of aromatic nitrogens is 5. The van der Waals surface area contributed by atoms with Crippen LogP contribution in [0, 0.1) is 0 Å². The van der Waals surface area contributed by atoms with Crippen molar-refractivity contribution in [1.82, 2.24) is 25.0 Å². The van der Waals surface area contributed by atoms with Crippen LogP contribution in [0.15, 0.2) is 36.7 Å². The van der Waals surface area contributed by atoms with E-state index in [4.69, 9.17) is 16.3 Å². The number of anilines is 2. The number of aliphatic hydroxyl groups excluding tert-OH is 1. The molecular weight excluding hydrogens is 426 g/mol. The maximum atomic E-state index is 12.4. The van der Waals surface area contributed by atoms with Crippen molar-refractivity contribution >= 4 is 35.1 Å². The Hall–Kier alpha value is -3.57. The molecular formula is C19H20ClN7O4. The van der Waals surface area contributed by atoms with Gasteiger partial charge >= 0.3 is 6.09 Å². The smallest absolute Gasteiger partial charge is 0.413 e. The molecule has 0 saturated heterocycles. The first-order valence-corrected chi connectivity index (χ1v) is 9.57. The number of ether oxygens (including phenoxy) is 1. The molecule has 11 nitrogen and oxygen atoms in total. The van der Waals surface area contributed by atoms with E-state index in [-0.39, 0.29) is 11.0 Å². The van der Waals surface area contributed by atoms with E-state index in [0.717, 1.165) is 0 Å². The zero-order valence-electron chi connectivity index (χ0n) is 16.9. The Bertz CT molecular complexity index is 1090. The number of amides is 2. The van der Waals surface area contributed by atoms with Crippen LogP contribution in [0.3, 0.4) is 0 Å². The molecule has 0 aromatic carbocycles. The fourth-order valence-electron chi connectivity index (χ4n) is 2.58. The van der Waals surface area contributed by atoms with Gasteiger partial charge in [0.25, 0.3) is 5.91 Å². The molecule has 3 aromatic heterocycles. The second kappa shape index (κ2) is 9.49. The van der Waals surface area contributed by atoms with Crippen LogP contribution in [0.4, 0.5) is 16.3 Å². The molecule has 3 heterocycles. The van der Waals surface area contributed by atoms with E-state index >= 15 is 0 Å². The second-order valence-corrected chi connectivity index (χ2v) is 6.92. The molecule has 3 aromatic rings. The molecule has 2 amide bonds. The molecule has 0 radical (unpaired) electrons. The lowest BCUT2D eigenvalue weighted by atomic mass is 10.2. The minimum atomic E-state index is -1.15. The summed E-state index contributed by atoms with van der Waals surface area (Å²) in [4.78, 5) is 32.2. The van der Waals surface area contributed by atoms with Crippen molar-refractivity contribution in [3.05, 3.63) is 47.4 Å². The predicted molar refractivity (Wildman–Crippen MR) is 112 cm³/mol. The highest BCUT2D eigenvalue weighted by atomic mass is 35.5. The van der Waals surface area contributed by atoms with Crippen LogP contribution < -0.4 is 10.6 Å². The van der Waals surface area contributed by atoms with Crippen LogP contribution in [0.5, 0.6) is 0 Å². The van der Waals surface area contributed by atoms with E-state index in [1.165, 1.54) is 17.8 Å². The molecule has 162 valence electrons. The largest absolute Gasteiger partial charge is 0.441 e. The third-order valence-corrected chi connectivity index (χ3v) is 4.53. The molecule has 3 N–H and O–H groups in total. The average molecular weight is 446 g/mol. The molecule has 0 bridgehead atoms. The van der Waals surface area contributed by atoms with Gasteiger partial charge in [0.2, 0.25) is 0 Å². The Kier molecular flexibility index (Phi) is 6.78. The summed E-state index contributed by atoms with van der Waals surface area (Å²) in [7, 11) is 1.60. The number of rotatable bonds is 6. The summed E-state index contributed by atoms with van der Waals surface area (Å²) < 4.78 is 6.75. The van der Waals surface area contributed by atoms with E-state index in [1.54, 1.807) is 44.4 Å². The van der Waals surface area contributed by atoms with Crippen molar-refractivity contribution in [3.63, 3.8) is 0 Å². The Morgan fingerprint density at radius 1 is 1.19 bits per heavy atom. The van der Waals surface area contributed by atoms with E-state index in [9.17, 15) is 14.7 Å². The summed E-state index contributed by atoms with van der Waals surface area (Å²) in [5, 5.41) is 22.6. The van der Waals surface area contributed by atoms with Crippen LogP contribution in [0.1, 0.15) is 25.5 Å². The van der Waals surface area contributed by atoms with Crippen molar-refractivity contribution in [2.45, 2.75) is 26.1 Å². The number of nitrogens with zero attached hydrogens (tertiary/aromatic N) is 5. The lowest BCUT2D eigenvalue weighted by Crippen LogP contribution is -2.24. The summed E-state index contributed by atoms with van der Waals surface area (Å²) in [5.74, 6) is -0.287. The number of hydrogen-bond donors (Lipinski definition) is 3. The van der Waals surface area contributed by atoms with Crippen molar-refractivity contribution in [1.29, 1.82) is 0 Å². The first-order chi connectivity index (χ1) is 14.8. The number of hydrogen-bond acceptors (Lipinski definition) is 8. The molecule has 0 aliphatic carbocycles. The molecule has 0 unspecified atom stereocenters. The monoisotopic (exact) mass is 445 g/mol. The van der Waals surface area contributed by atoms with Gasteiger partial charge < -0.3 is 15.2 Å². The summed E-state index contributed by atoms with van der Waals surface area (Å²) >= 11 is 6.04. The fraction of sp³-hybridized carbons (Fsp3) is 0.263. The Morgan fingerprint density at radius 3 is 2.61 bits per heavy atom. The molecule has 0 saturated carbocycles. The van der Waals surface area contributed by atoms with Gasteiger partial charge in [-0.1, -0.05) is 22.9 Å². The third kappa shape index (κ3) is 5.32. The first-order valence-electron chi connectivity index (χ1n) is 9.19. The van der Waals surface area contributed by atoms with E-state index in [2.05, 4.69) is 30.9 Å². The minimum Gasteiger partial charge on any atom is -0.441 e. The standard InChI is InChI=1S/C19H20ClN7O4/c1-10(28)18(29)23-12-6-7-14(22-9-12)15-17(27(3)26-25-15)24-19(30)31-11(2)13-5-4-8-21-16(13)20/h4-11,28H,1-3H3,(H,23,29)(H,24,30)/t10-,11-/m1/s1. The zero-order chi connectivity index (χ0) is 22.5. The molecule has 0 fully saturated rings. The lowest BCUT2D eigenvalue weighted by Gasteiger charge is -2.15. The number of carbonyl (C=O) groups excluding carboxylic acids is 2. The van der Waals surface area contributed by atoms with E-state index < -0.39 is 24.2 Å². The number of nitrogens with one attached hydrogen (secondary N) is 2. The van der Waals surface area contributed by atoms with E-state index in [0.29, 0.717) is 22.6 Å². The van der Waals surface area contributed by atoms with Gasteiger partial charge in [-0.15, -0.1) is 5.10 Å². The minimum absolute atomic E-state index is 0.248. The SMILES string of the molecule is C[C@@H](O)C(=O)Nc1ccc(-c2nnn(C)c2NC(=O)O[C@H](C)c2cccnc2Cl)nc1. The Balaban J connectivity index is 1.73. The van der Waals surface area contributed by atoms with Crippen LogP contribution in [-0.2, 0) is 16.6 Å². The van der Waals surface area contributed by atoms with Crippen molar-refractivity contribution < 1.29 is 19.4 Å². The molecule has 0 aliphatic heterocycles. The van der Waals surface area contributed by atoms with Gasteiger partial charge in [-0.2, -0.15) is 0 Å². The summed E-state index contributed by atoms with van der Waals surface area (Å²) in [6, 6.07) is 6.59. The molecule has 2 atom stereocenters. The van der Waals surface area contributed by atoms with Crippen LogP contribution in [0.25, 0.3) is 11.4 Å². The van der Waals surface area contributed by atoms with Gasteiger partial charge in [0.1, 0.15) is 17.4 Å². The number of carbonyl (C=O) groups is 2. The van der Waals surface area contributed by atoms with Gasteiger partial charge in [-0.05, 0) is 32.0 Å². The van der Waals surface area contributed by atoms with Gasteiger partial charge in [0, 0.05) is 18.8 Å². The van der Waals surface area contributed by atoms with Crippen LogP contribution >= 0.6 is 11.6 Å². The summed E-state index contributed by atoms with van der Waals surface area (Å²) in [5.41, 5.74) is 1.68. The topological polar surface area (TPSA) is 144 Å². The number of aryl methyl sites for hydroxylation is 1. The maximum Gasteiger partial charge on any atom is 0.413 e. The van der Waals surface area contributed by atoms with Gasteiger partial charge in [-0.25, -0.2) is 14.5 Å².